The molecule has 0 bridgehead atoms. The molecule has 0 radical (unpaired) electrons. The number of likely N-dealkylation sites (tertiary alicyclic amines) is 1. The van der Waals surface area contributed by atoms with Crippen molar-refractivity contribution in [1.82, 2.24) is 9.62 Å². The van der Waals surface area contributed by atoms with Crippen LogP contribution in [-0.2, 0) is 10.0 Å². The van der Waals surface area contributed by atoms with Crippen molar-refractivity contribution in [3.63, 3.8) is 0 Å². The molecule has 0 amide bonds. The van der Waals surface area contributed by atoms with Crippen LogP contribution in [0.4, 0.5) is 5.69 Å². The van der Waals surface area contributed by atoms with Gasteiger partial charge >= 0.3 is 0 Å². The van der Waals surface area contributed by atoms with E-state index in [2.05, 4.69) is 32.5 Å². The van der Waals surface area contributed by atoms with Gasteiger partial charge in [0.05, 0.1) is 4.90 Å². The number of rotatable bonds is 5. The minimum absolute atomic E-state index is 0.188. The van der Waals surface area contributed by atoms with Crippen molar-refractivity contribution in [2.75, 3.05) is 25.4 Å². The number of nitrogens with zero attached hydrogens (tertiary/aromatic N) is 1. The maximum atomic E-state index is 12.4. The molecule has 1 unspecified atom stereocenters. The molecule has 1 aromatic carbocycles. The van der Waals surface area contributed by atoms with Gasteiger partial charge in [-0.05, 0) is 67.0 Å². The van der Waals surface area contributed by atoms with Gasteiger partial charge in [-0.1, -0.05) is 6.42 Å². The summed E-state index contributed by atoms with van der Waals surface area (Å²) in [6.45, 7) is 4.56. The molecule has 2 rings (SSSR count). The minimum Gasteiger partial charge on any atom is -0.399 e. The highest BCUT2D eigenvalue weighted by Crippen LogP contribution is 2.24. The van der Waals surface area contributed by atoms with E-state index in [1.165, 1.54) is 25.3 Å². The van der Waals surface area contributed by atoms with E-state index in [9.17, 15) is 8.42 Å². The van der Waals surface area contributed by atoms with Crippen LogP contribution in [0, 0.1) is 0 Å². The molecule has 1 aliphatic heterocycles. The average Bonchev–Trinajstić information content (AvgIpc) is 2.48. The highest BCUT2D eigenvalue weighted by molar-refractivity contribution is 9.10. The molecule has 1 saturated heterocycles. The number of hydrogen-bond acceptors (Lipinski definition) is 4. The van der Waals surface area contributed by atoms with Gasteiger partial charge in [-0.15, -0.1) is 0 Å². The number of anilines is 1. The fourth-order valence-electron chi connectivity index (χ4n) is 2.52. The molecule has 0 aliphatic carbocycles. The van der Waals surface area contributed by atoms with Gasteiger partial charge in [0.1, 0.15) is 0 Å². The van der Waals surface area contributed by atoms with Gasteiger partial charge in [0, 0.05) is 22.7 Å². The third-order valence-corrected chi connectivity index (χ3v) is 6.24. The topological polar surface area (TPSA) is 75.4 Å². The first kappa shape index (κ1) is 16.7. The maximum absolute atomic E-state index is 12.4. The number of halogens is 1. The van der Waals surface area contributed by atoms with E-state index in [-0.39, 0.29) is 10.9 Å². The van der Waals surface area contributed by atoms with Crippen LogP contribution >= 0.6 is 15.9 Å². The number of sulfonamides is 1. The predicted molar refractivity (Wildman–Crippen MR) is 88.6 cm³/mol. The third-order valence-electron chi connectivity index (χ3n) is 3.83. The molecule has 1 fully saturated rings. The van der Waals surface area contributed by atoms with E-state index in [0.717, 1.165) is 13.1 Å². The number of nitrogens with two attached hydrogens (primary N) is 1. The Morgan fingerprint density at radius 2 is 2.00 bits per heavy atom. The van der Waals surface area contributed by atoms with Crippen LogP contribution in [0.3, 0.4) is 0 Å². The molecule has 1 heterocycles. The molecule has 0 saturated carbocycles. The molecule has 118 valence electrons. The van der Waals surface area contributed by atoms with Crippen LogP contribution in [-0.4, -0.2) is 39.0 Å². The predicted octanol–water partition coefficient (Wildman–Crippen LogP) is 2.18. The van der Waals surface area contributed by atoms with E-state index in [0.29, 0.717) is 16.7 Å². The molecular formula is C14H22BrN3O2S. The first-order valence-electron chi connectivity index (χ1n) is 7.19. The first-order valence-corrected chi connectivity index (χ1v) is 9.46. The summed E-state index contributed by atoms with van der Waals surface area (Å²) in [4.78, 5) is 2.52. The number of nitrogen functional groups attached to an aromatic ring is 1. The average molecular weight is 376 g/mol. The van der Waals surface area contributed by atoms with Gasteiger partial charge in [-0.25, -0.2) is 13.1 Å². The summed E-state index contributed by atoms with van der Waals surface area (Å²) in [5, 5.41) is 0. The van der Waals surface area contributed by atoms with Crippen molar-refractivity contribution in [3.05, 3.63) is 22.7 Å². The maximum Gasteiger partial charge on any atom is 0.241 e. The largest absolute Gasteiger partial charge is 0.399 e. The smallest absolute Gasteiger partial charge is 0.241 e. The van der Waals surface area contributed by atoms with Crippen LogP contribution in [0.5, 0.6) is 0 Å². The summed E-state index contributed by atoms with van der Waals surface area (Å²) in [7, 11) is -3.55. The molecule has 7 heteroatoms. The highest BCUT2D eigenvalue weighted by atomic mass is 79.9. The lowest BCUT2D eigenvalue weighted by molar-refractivity contribution is 0.175. The second-order valence-electron chi connectivity index (χ2n) is 5.49. The molecule has 1 aromatic rings. The Balaban J connectivity index is 2.02. The van der Waals surface area contributed by atoms with Crippen LogP contribution in [0.2, 0.25) is 0 Å². The zero-order valence-electron chi connectivity index (χ0n) is 12.2. The lowest BCUT2D eigenvalue weighted by atomic mass is 10.1. The van der Waals surface area contributed by atoms with Crippen molar-refractivity contribution in [2.24, 2.45) is 0 Å². The van der Waals surface area contributed by atoms with Gasteiger partial charge in [0.2, 0.25) is 10.0 Å². The standard InChI is InChI=1S/C14H22BrN3O2S/c1-11(18-7-3-2-4-8-18)10-17-21(19,20)14-9-12(16)5-6-13(14)15/h5-6,9,11,17H,2-4,7-8,10,16H2,1H3. The fourth-order valence-corrected chi connectivity index (χ4v) is 4.64. The molecule has 0 aromatic heterocycles. The molecule has 3 N–H and O–H groups in total. The SMILES string of the molecule is CC(CNS(=O)(=O)c1cc(N)ccc1Br)N1CCCCC1. The fraction of sp³-hybridized carbons (Fsp3) is 0.571. The van der Waals surface area contributed by atoms with Crippen molar-refractivity contribution < 1.29 is 8.42 Å². The summed E-state index contributed by atoms with van der Waals surface area (Å²) in [5.74, 6) is 0. The molecular weight excluding hydrogens is 354 g/mol. The van der Waals surface area contributed by atoms with E-state index in [1.807, 2.05) is 0 Å². The lowest BCUT2D eigenvalue weighted by Crippen LogP contribution is -2.44. The molecule has 21 heavy (non-hydrogen) atoms. The van der Waals surface area contributed by atoms with Gasteiger partial charge < -0.3 is 5.73 Å². The Hall–Kier alpha value is -0.630. The van der Waals surface area contributed by atoms with Gasteiger partial charge in [-0.3, -0.25) is 4.90 Å². The number of benzene rings is 1. The van der Waals surface area contributed by atoms with E-state index >= 15 is 0 Å². The summed E-state index contributed by atoms with van der Waals surface area (Å²) < 4.78 is 28.0. The summed E-state index contributed by atoms with van der Waals surface area (Å²) in [5.41, 5.74) is 6.11. The zero-order chi connectivity index (χ0) is 15.5. The second-order valence-corrected chi connectivity index (χ2v) is 8.08. The van der Waals surface area contributed by atoms with Crippen LogP contribution in [0.15, 0.2) is 27.6 Å². The van der Waals surface area contributed by atoms with Crippen molar-refractivity contribution in [2.45, 2.75) is 37.1 Å². The third kappa shape index (κ3) is 4.42. The van der Waals surface area contributed by atoms with Gasteiger partial charge in [0.25, 0.3) is 0 Å². The van der Waals surface area contributed by atoms with Gasteiger partial charge in [-0.2, -0.15) is 0 Å². The molecule has 5 nitrogen and oxygen atoms in total. The monoisotopic (exact) mass is 375 g/mol. The van der Waals surface area contributed by atoms with E-state index < -0.39 is 10.0 Å². The van der Waals surface area contributed by atoms with Crippen molar-refractivity contribution in [1.29, 1.82) is 0 Å². The Morgan fingerprint density at radius 1 is 1.33 bits per heavy atom. The number of hydrogen-bond donors (Lipinski definition) is 2. The zero-order valence-corrected chi connectivity index (χ0v) is 14.6. The quantitative estimate of drug-likeness (QED) is 0.773. The number of piperidine rings is 1. The Morgan fingerprint density at radius 3 is 2.67 bits per heavy atom. The molecule has 1 aliphatic rings. The second kappa shape index (κ2) is 7.09. The Bertz CT molecular complexity index is 586. The lowest BCUT2D eigenvalue weighted by Gasteiger charge is -2.32. The normalized spacial score (nSPS) is 18.6. The summed E-state index contributed by atoms with van der Waals surface area (Å²) in [6.07, 6.45) is 3.65. The first-order chi connectivity index (χ1) is 9.90. The van der Waals surface area contributed by atoms with Crippen LogP contribution < -0.4 is 10.5 Å². The molecule has 0 spiro atoms. The van der Waals surface area contributed by atoms with E-state index in [4.69, 9.17) is 5.73 Å². The van der Waals surface area contributed by atoms with Crippen LogP contribution in [0.25, 0.3) is 0 Å². The van der Waals surface area contributed by atoms with Crippen LogP contribution in [0.1, 0.15) is 26.2 Å². The molecule has 1 atom stereocenters. The van der Waals surface area contributed by atoms with Gasteiger partial charge in [0.15, 0.2) is 0 Å². The highest BCUT2D eigenvalue weighted by Gasteiger charge is 2.21. The number of nitrogens with one attached hydrogen (secondary N) is 1. The van der Waals surface area contributed by atoms with E-state index in [1.54, 1.807) is 12.1 Å². The Labute approximate surface area is 135 Å². The minimum atomic E-state index is -3.55. The Kier molecular flexibility index (Phi) is 5.65. The summed E-state index contributed by atoms with van der Waals surface area (Å²) in [6, 6.07) is 4.98. The van der Waals surface area contributed by atoms with Crippen molar-refractivity contribution >= 4 is 31.6 Å². The summed E-state index contributed by atoms with van der Waals surface area (Å²) >= 11 is 3.26. The van der Waals surface area contributed by atoms with Crippen molar-refractivity contribution in [3.8, 4) is 0 Å².